The number of ketones is 1. The van der Waals surface area contributed by atoms with Crippen LogP contribution in [0.3, 0.4) is 0 Å². The van der Waals surface area contributed by atoms with Crippen LogP contribution in [0.15, 0.2) is 53.4 Å². The number of anilines is 1. The number of ether oxygens (including phenoxy) is 1. The minimum Gasteiger partial charge on any atom is -0.459 e. The van der Waals surface area contributed by atoms with E-state index in [-0.39, 0.29) is 16.8 Å². The Morgan fingerprint density at radius 2 is 1.44 bits per heavy atom. The summed E-state index contributed by atoms with van der Waals surface area (Å²) in [6, 6.07) is 11.6. The van der Waals surface area contributed by atoms with Gasteiger partial charge in [-0.3, -0.25) is 9.52 Å². The first kappa shape index (κ1) is 18.7. The van der Waals surface area contributed by atoms with Crippen molar-refractivity contribution < 1.29 is 22.7 Å². The van der Waals surface area contributed by atoms with Crippen molar-refractivity contribution in [3.05, 3.63) is 59.7 Å². The van der Waals surface area contributed by atoms with Crippen LogP contribution in [0.4, 0.5) is 5.69 Å². The maximum absolute atomic E-state index is 12.4. The van der Waals surface area contributed by atoms with Gasteiger partial charge < -0.3 is 4.74 Å². The SMILES string of the molecule is CC(=O)c1ccc(S(=O)(=O)Nc2ccc(C(=O)OC(C)C)cc2)cc1. The van der Waals surface area contributed by atoms with Crippen LogP contribution in [-0.4, -0.2) is 26.3 Å². The molecule has 7 heteroatoms. The lowest BCUT2D eigenvalue weighted by atomic mass is 10.2. The number of benzene rings is 2. The molecule has 25 heavy (non-hydrogen) atoms. The molecule has 0 aliphatic heterocycles. The lowest BCUT2D eigenvalue weighted by molar-refractivity contribution is 0.0378. The van der Waals surface area contributed by atoms with Gasteiger partial charge in [-0.05, 0) is 57.2 Å². The molecule has 0 aliphatic rings. The van der Waals surface area contributed by atoms with Crippen molar-refractivity contribution in [2.24, 2.45) is 0 Å². The van der Waals surface area contributed by atoms with Crippen LogP contribution >= 0.6 is 0 Å². The molecule has 0 aliphatic carbocycles. The minimum absolute atomic E-state index is 0.0424. The first-order chi connectivity index (χ1) is 11.7. The summed E-state index contributed by atoms with van der Waals surface area (Å²) in [6.07, 6.45) is -0.233. The Labute approximate surface area is 146 Å². The molecule has 0 saturated carbocycles. The molecule has 2 rings (SSSR count). The molecule has 132 valence electrons. The van der Waals surface area contributed by atoms with Crippen molar-refractivity contribution in [3.63, 3.8) is 0 Å². The van der Waals surface area contributed by atoms with Crippen LogP contribution < -0.4 is 4.72 Å². The number of carbonyl (C=O) groups is 2. The van der Waals surface area contributed by atoms with Crippen LogP contribution in [0.5, 0.6) is 0 Å². The van der Waals surface area contributed by atoms with Gasteiger partial charge in [0.2, 0.25) is 0 Å². The Morgan fingerprint density at radius 3 is 1.92 bits per heavy atom. The molecule has 0 atom stereocenters. The van der Waals surface area contributed by atoms with E-state index in [1.165, 1.54) is 55.5 Å². The van der Waals surface area contributed by atoms with E-state index in [4.69, 9.17) is 4.74 Å². The fourth-order valence-corrected chi connectivity index (χ4v) is 3.10. The third-order valence-corrected chi connectivity index (χ3v) is 4.68. The lowest BCUT2D eigenvalue weighted by Crippen LogP contribution is -2.14. The fourth-order valence-electron chi connectivity index (χ4n) is 2.04. The second kappa shape index (κ2) is 7.48. The summed E-state index contributed by atoms with van der Waals surface area (Å²) in [6.45, 7) is 4.91. The summed E-state index contributed by atoms with van der Waals surface area (Å²) in [5.41, 5.74) is 1.09. The van der Waals surface area contributed by atoms with Crippen LogP contribution in [0.1, 0.15) is 41.5 Å². The van der Waals surface area contributed by atoms with Crippen molar-refractivity contribution in [3.8, 4) is 0 Å². The highest BCUT2D eigenvalue weighted by Crippen LogP contribution is 2.18. The summed E-state index contributed by atoms with van der Waals surface area (Å²) in [5, 5.41) is 0. The van der Waals surface area contributed by atoms with Crippen LogP contribution in [0.2, 0.25) is 0 Å². The van der Waals surface area contributed by atoms with Crippen molar-refractivity contribution in [2.45, 2.75) is 31.8 Å². The number of nitrogens with one attached hydrogen (secondary N) is 1. The van der Waals surface area contributed by atoms with Crippen LogP contribution in [-0.2, 0) is 14.8 Å². The number of rotatable bonds is 6. The van der Waals surface area contributed by atoms with Gasteiger partial charge in [0.25, 0.3) is 10.0 Å². The third kappa shape index (κ3) is 4.90. The van der Waals surface area contributed by atoms with Gasteiger partial charge in [0.05, 0.1) is 16.6 Å². The Balaban J connectivity index is 2.15. The highest BCUT2D eigenvalue weighted by atomic mass is 32.2. The van der Waals surface area contributed by atoms with E-state index in [0.717, 1.165) is 0 Å². The van der Waals surface area contributed by atoms with Crippen LogP contribution in [0.25, 0.3) is 0 Å². The van der Waals surface area contributed by atoms with Gasteiger partial charge in [-0.1, -0.05) is 12.1 Å². The number of carbonyl (C=O) groups excluding carboxylic acids is 2. The van der Waals surface area contributed by atoms with Gasteiger partial charge in [0.1, 0.15) is 0 Å². The summed E-state index contributed by atoms with van der Waals surface area (Å²) in [5.74, 6) is -0.606. The number of esters is 1. The maximum atomic E-state index is 12.4. The Hall–Kier alpha value is -2.67. The number of hydrogen-bond donors (Lipinski definition) is 1. The van der Waals surface area contributed by atoms with Crippen molar-refractivity contribution in [2.75, 3.05) is 4.72 Å². The van der Waals surface area contributed by atoms with E-state index < -0.39 is 16.0 Å². The molecule has 0 saturated heterocycles. The van der Waals surface area contributed by atoms with E-state index in [1.54, 1.807) is 13.8 Å². The fraction of sp³-hybridized carbons (Fsp3) is 0.222. The second-order valence-electron chi connectivity index (χ2n) is 5.72. The summed E-state index contributed by atoms with van der Waals surface area (Å²) >= 11 is 0. The maximum Gasteiger partial charge on any atom is 0.338 e. The van der Waals surface area contributed by atoms with E-state index in [0.29, 0.717) is 16.8 Å². The predicted octanol–water partition coefficient (Wildman–Crippen LogP) is 3.26. The summed E-state index contributed by atoms with van der Waals surface area (Å²) in [4.78, 5) is 23.1. The molecule has 0 aromatic heterocycles. The molecule has 0 unspecified atom stereocenters. The number of sulfonamides is 1. The number of hydrogen-bond acceptors (Lipinski definition) is 5. The molecule has 0 radical (unpaired) electrons. The molecule has 0 bridgehead atoms. The van der Waals surface area contributed by atoms with Gasteiger partial charge in [-0.25, -0.2) is 13.2 Å². The van der Waals surface area contributed by atoms with E-state index in [9.17, 15) is 18.0 Å². The molecular weight excluding hydrogens is 342 g/mol. The van der Waals surface area contributed by atoms with Gasteiger partial charge in [-0.2, -0.15) is 0 Å². The van der Waals surface area contributed by atoms with Gasteiger partial charge >= 0.3 is 5.97 Å². The molecule has 0 heterocycles. The van der Waals surface area contributed by atoms with Crippen LogP contribution in [0, 0.1) is 0 Å². The van der Waals surface area contributed by atoms with Gasteiger partial charge in [0.15, 0.2) is 5.78 Å². The predicted molar refractivity (Wildman–Crippen MR) is 94.2 cm³/mol. The Morgan fingerprint density at radius 1 is 0.920 bits per heavy atom. The molecule has 2 aromatic carbocycles. The van der Waals surface area contributed by atoms with Crippen molar-refractivity contribution in [1.82, 2.24) is 0 Å². The molecule has 6 nitrogen and oxygen atoms in total. The molecule has 1 N–H and O–H groups in total. The molecule has 2 aromatic rings. The van der Waals surface area contributed by atoms with E-state index in [1.807, 2.05) is 0 Å². The average Bonchev–Trinajstić information content (AvgIpc) is 2.54. The van der Waals surface area contributed by atoms with E-state index >= 15 is 0 Å². The molecule has 0 fully saturated rings. The normalized spacial score (nSPS) is 11.2. The molecular formula is C18H19NO5S. The smallest absolute Gasteiger partial charge is 0.338 e. The summed E-state index contributed by atoms with van der Waals surface area (Å²) in [7, 11) is -3.79. The quantitative estimate of drug-likeness (QED) is 0.630. The van der Waals surface area contributed by atoms with Crippen molar-refractivity contribution in [1.29, 1.82) is 0 Å². The Kier molecular flexibility index (Phi) is 5.58. The highest BCUT2D eigenvalue weighted by Gasteiger charge is 2.15. The zero-order chi connectivity index (χ0) is 18.6. The van der Waals surface area contributed by atoms with Gasteiger partial charge in [-0.15, -0.1) is 0 Å². The molecule has 0 amide bonds. The standard InChI is InChI=1S/C18H19NO5S/c1-12(2)24-18(21)15-4-8-16(9-5-15)19-25(22,23)17-10-6-14(7-11-17)13(3)20/h4-12,19H,1-3H3. The highest BCUT2D eigenvalue weighted by molar-refractivity contribution is 7.92. The van der Waals surface area contributed by atoms with Gasteiger partial charge in [0, 0.05) is 11.3 Å². The average molecular weight is 361 g/mol. The van der Waals surface area contributed by atoms with E-state index in [2.05, 4.69) is 4.72 Å². The zero-order valence-corrected chi connectivity index (χ0v) is 15.0. The minimum atomic E-state index is -3.79. The third-order valence-electron chi connectivity index (χ3n) is 3.29. The second-order valence-corrected chi connectivity index (χ2v) is 7.40. The monoisotopic (exact) mass is 361 g/mol. The number of Topliss-reactive ketones (excluding diaryl/α,β-unsaturated/α-hetero) is 1. The first-order valence-electron chi connectivity index (χ1n) is 7.64. The van der Waals surface area contributed by atoms with Crippen molar-refractivity contribution >= 4 is 27.5 Å². The zero-order valence-electron chi connectivity index (χ0n) is 14.1. The topological polar surface area (TPSA) is 89.5 Å². The largest absolute Gasteiger partial charge is 0.459 e. The molecule has 0 spiro atoms. The Bertz CT molecular complexity index is 869. The lowest BCUT2D eigenvalue weighted by Gasteiger charge is -2.10. The summed E-state index contributed by atoms with van der Waals surface area (Å²) < 4.78 is 32.2. The first-order valence-corrected chi connectivity index (χ1v) is 9.12.